The van der Waals surface area contributed by atoms with Crippen molar-refractivity contribution in [2.24, 2.45) is 0 Å². The average Bonchev–Trinajstić information content (AvgIpc) is 3.30. The van der Waals surface area contributed by atoms with E-state index in [0.717, 1.165) is 24.1 Å². The van der Waals surface area contributed by atoms with E-state index in [-0.39, 0.29) is 0 Å². The van der Waals surface area contributed by atoms with Gasteiger partial charge in [-0.1, -0.05) is 38.1 Å². The minimum Gasteiger partial charge on any atom is -0.457 e. The van der Waals surface area contributed by atoms with Gasteiger partial charge in [0.1, 0.15) is 11.5 Å². The van der Waals surface area contributed by atoms with Crippen LogP contribution in [0.4, 0.5) is 0 Å². The van der Waals surface area contributed by atoms with Crippen LogP contribution in [0, 0.1) is 0 Å². The predicted octanol–water partition coefficient (Wildman–Crippen LogP) is 4.85. The summed E-state index contributed by atoms with van der Waals surface area (Å²) >= 11 is 0. The molecule has 0 heterocycles. The van der Waals surface area contributed by atoms with Crippen molar-refractivity contribution in [1.82, 2.24) is 5.32 Å². The molecule has 110 valence electrons. The van der Waals surface area contributed by atoms with Crippen molar-refractivity contribution in [2.75, 3.05) is 0 Å². The summed E-state index contributed by atoms with van der Waals surface area (Å²) in [4.78, 5) is 0. The summed E-state index contributed by atoms with van der Waals surface area (Å²) in [6.45, 7) is 5.32. The lowest BCUT2D eigenvalue weighted by Gasteiger charge is -2.11. The molecule has 2 aromatic carbocycles. The zero-order chi connectivity index (χ0) is 14.7. The summed E-state index contributed by atoms with van der Waals surface area (Å²) in [6.07, 6.45) is 2.64. The van der Waals surface area contributed by atoms with E-state index in [2.05, 4.69) is 55.6 Å². The Bertz CT molecular complexity index is 602. The lowest BCUT2D eigenvalue weighted by molar-refractivity contribution is 0.480. The third-order valence-corrected chi connectivity index (χ3v) is 3.83. The van der Waals surface area contributed by atoms with E-state index < -0.39 is 0 Å². The Kier molecular flexibility index (Phi) is 4.26. The molecule has 1 saturated carbocycles. The van der Waals surface area contributed by atoms with Gasteiger partial charge in [0, 0.05) is 12.6 Å². The monoisotopic (exact) mass is 281 g/mol. The summed E-state index contributed by atoms with van der Waals surface area (Å²) in [5.41, 5.74) is 2.58. The van der Waals surface area contributed by atoms with Crippen molar-refractivity contribution in [3.05, 3.63) is 59.7 Å². The molecule has 1 N–H and O–H groups in total. The van der Waals surface area contributed by atoms with E-state index in [9.17, 15) is 0 Å². The molecule has 1 aliphatic rings. The fourth-order valence-electron chi connectivity index (χ4n) is 2.34. The molecule has 3 rings (SSSR count). The summed E-state index contributed by atoms with van der Waals surface area (Å²) in [7, 11) is 0. The van der Waals surface area contributed by atoms with Crippen LogP contribution < -0.4 is 10.1 Å². The SMILES string of the molecule is CC(C)c1cccc(Oc2cccc(CNC3CC3)c2)c1. The van der Waals surface area contributed by atoms with Crippen LogP contribution in [-0.4, -0.2) is 6.04 Å². The minimum absolute atomic E-state index is 0.516. The van der Waals surface area contributed by atoms with Crippen LogP contribution in [0.5, 0.6) is 11.5 Å². The van der Waals surface area contributed by atoms with Gasteiger partial charge in [-0.3, -0.25) is 0 Å². The number of nitrogens with one attached hydrogen (secondary N) is 1. The topological polar surface area (TPSA) is 21.3 Å². The van der Waals surface area contributed by atoms with Gasteiger partial charge >= 0.3 is 0 Å². The first-order chi connectivity index (χ1) is 10.2. The van der Waals surface area contributed by atoms with E-state index >= 15 is 0 Å². The highest BCUT2D eigenvalue weighted by Gasteiger charge is 2.19. The summed E-state index contributed by atoms with van der Waals surface area (Å²) in [5.74, 6) is 2.34. The molecule has 0 bridgehead atoms. The second kappa shape index (κ2) is 6.31. The van der Waals surface area contributed by atoms with Crippen molar-refractivity contribution in [3.8, 4) is 11.5 Å². The molecule has 0 amide bonds. The van der Waals surface area contributed by atoms with E-state index in [4.69, 9.17) is 4.74 Å². The van der Waals surface area contributed by atoms with Gasteiger partial charge in [-0.15, -0.1) is 0 Å². The highest BCUT2D eigenvalue weighted by molar-refractivity contribution is 5.36. The second-order valence-electron chi connectivity index (χ2n) is 6.13. The molecule has 1 aliphatic carbocycles. The number of benzene rings is 2. The molecule has 0 unspecified atom stereocenters. The van der Waals surface area contributed by atoms with Crippen molar-refractivity contribution in [3.63, 3.8) is 0 Å². The number of ether oxygens (including phenoxy) is 1. The zero-order valence-electron chi connectivity index (χ0n) is 12.8. The molecule has 0 spiro atoms. The van der Waals surface area contributed by atoms with Crippen LogP contribution in [-0.2, 0) is 6.54 Å². The summed E-state index contributed by atoms with van der Waals surface area (Å²) in [6, 6.07) is 17.4. The van der Waals surface area contributed by atoms with Gasteiger partial charge in [-0.25, -0.2) is 0 Å². The highest BCUT2D eigenvalue weighted by atomic mass is 16.5. The zero-order valence-corrected chi connectivity index (χ0v) is 12.8. The summed E-state index contributed by atoms with van der Waals surface area (Å²) in [5, 5.41) is 3.53. The van der Waals surface area contributed by atoms with Crippen molar-refractivity contribution < 1.29 is 4.74 Å². The van der Waals surface area contributed by atoms with Crippen molar-refractivity contribution in [2.45, 2.75) is 45.2 Å². The lowest BCUT2D eigenvalue weighted by atomic mass is 10.0. The normalized spacial score (nSPS) is 14.4. The first-order valence-corrected chi connectivity index (χ1v) is 7.81. The van der Waals surface area contributed by atoms with Crippen molar-refractivity contribution >= 4 is 0 Å². The molecule has 1 fully saturated rings. The van der Waals surface area contributed by atoms with Gasteiger partial charge in [0.2, 0.25) is 0 Å². The molecule has 2 heteroatoms. The van der Waals surface area contributed by atoms with E-state index in [1.54, 1.807) is 0 Å². The Morgan fingerprint density at radius 2 is 1.76 bits per heavy atom. The Hall–Kier alpha value is -1.80. The molecule has 0 atom stereocenters. The maximum atomic E-state index is 6.00. The number of rotatable bonds is 6. The fourth-order valence-corrected chi connectivity index (χ4v) is 2.34. The quantitative estimate of drug-likeness (QED) is 0.817. The van der Waals surface area contributed by atoms with Crippen LogP contribution in [0.15, 0.2) is 48.5 Å². The number of hydrogen-bond donors (Lipinski definition) is 1. The van der Waals surface area contributed by atoms with E-state index in [1.807, 2.05) is 12.1 Å². The first kappa shape index (κ1) is 14.2. The molecule has 21 heavy (non-hydrogen) atoms. The van der Waals surface area contributed by atoms with Gasteiger partial charge in [0.05, 0.1) is 0 Å². The maximum Gasteiger partial charge on any atom is 0.127 e. The fraction of sp³-hybridized carbons (Fsp3) is 0.368. The van der Waals surface area contributed by atoms with Gasteiger partial charge in [-0.05, 0) is 54.2 Å². The molecule has 2 nitrogen and oxygen atoms in total. The third-order valence-electron chi connectivity index (χ3n) is 3.83. The average molecular weight is 281 g/mol. The third kappa shape index (κ3) is 4.08. The Morgan fingerprint density at radius 1 is 1.05 bits per heavy atom. The lowest BCUT2D eigenvalue weighted by Crippen LogP contribution is -2.15. The largest absolute Gasteiger partial charge is 0.457 e. The smallest absolute Gasteiger partial charge is 0.127 e. The van der Waals surface area contributed by atoms with E-state index in [1.165, 1.54) is 24.0 Å². The Balaban J connectivity index is 1.68. The molecule has 0 aromatic heterocycles. The van der Waals surface area contributed by atoms with Crippen molar-refractivity contribution in [1.29, 1.82) is 0 Å². The minimum atomic E-state index is 0.516. The summed E-state index contributed by atoms with van der Waals surface area (Å²) < 4.78 is 6.00. The van der Waals surface area contributed by atoms with Crippen LogP contribution in [0.25, 0.3) is 0 Å². The Morgan fingerprint density at radius 3 is 2.48 bits per heavy atom. The van der Waals surface area contributed by atoms with Crippen LogP contribution in [0.1, 0.15) is 43.7 Å². The predicted molar refractivity (Wildman–Crippen MR) is 86.9 cm³/mol. The standard InChI is InChI=1S/C19H23NO/c1-14(2)16-6-4-8-19(12-16)21-18-7-3-5-15(11-18)13-20-17-9-10-17/h3-8,11-12,14,17,20H,9-10,13H2,1-2H3. The van der Waals surface area contributed by atoms with Crippen LogP contribution >= 0.6 is 0 Å². The molecular weight excluding hydrogens is 258 g/mol. The second-order valence-corrected chi connectivity index (χ2v) is 6.13. The van der Waals surface area contributed by atoms with Crippen LogP contribution in [0.2, 0.25) is 0 Å². The molecule has 2 aromatic rings. The first-order valence-electron chi connectivity index (χ1n) is 7.81. The molecule has 0 saturated heterocycles. The molecule has 0 aliphatic heterocycles. The highest BCUT2D eigenvalue weighted by Crippen LogP contribution is 2.26. The van der Waals surface area contributed by atoms with Crippen LogP contribution in [0.3, 0.4) is 0 Å². The Labute approximate surface area is 127 Å². The van der Waals surface area contributed by atoms with Gasteiger partial charge in [0.15, 0.2) is 0 Å². The van der Waals surface area contributed by atoms with Gasteiger partial charge in [0.25, 0.3) is 0 Å². The maximum absolute atomic E-state index is 6.00. The van der Waals surface area contributed by atoms with E-state index in [0.29, 0.717) is 5.92 Å². The van der Waals surface area contributed by atoms with Gasteiger partial charge < -0.3 is 10.1 Å². The number of hydrogen-bond acceptors (Lipinski definition) is 2. The van der Waals surface area contributed by atoms with Gasteiger partial charge in [-0.2, -0.15) is 0 Å². The molecular formula is C19H23NO. The molecule has 0 radical (unpaired) electrons.